The summed E-state index contributed by atoms with van der Waals surface area (Å²) in [5.41, 5.74) is -1.48. The molecule has 0 saturated heterocycles. The Morgan fingerprint density at radius 2 is 2.00 bits per heavy atom. The maximum atomic E-state index is 12.4. The Hall–Kier alpha value is -1.35. The number of hydrogen-bond donors (Lipinski definition) is 1. The second-order valence-electron chi connectivity index (χ2n) is 2.68. The summed E-state index contributed by atoms with van der Waals surface area (Å²) in [6.07, 6.45) is -4.56. The first-order valence-corrected chi connectivity index (χ1v) is 4.23. The van der Waals surface area contributed by atoms with Gasteiger partial charge in [0.25, 0.3) is 0 Å². The molecule has 0 unspecified atom stereocenters. The van der Waals surface area contributed by atoms with Gasteiger partial charge in [0, 0.05) is 4.90 Å². The van der Waals surface area contributed by atoms with Gasteiger partial charge in [0.05, 0.1) is 24.3 Å². The monoisotopic (exact) mass is 233 g/mol. The smallest absolute Gasteiger partial charge is 0.417 e. The van der Waals surface area contributed by atoms with Crippen molar-refractivity contribution in [3.8, 4) is 11.8 Å². The number of benzene rings is 1. The van der Waals surface area contributed by atoms with Crippen LogP contribution in [-0.4, -0.2) is 7.11 Å². The lowest BCUT2D eigenvalue weighted by atomic mass is 10.1. The molecule has 0 atom stereocenters. The molecule has 0 amide bonds. The zero-order valence-corrected chi connectivity index (χ0v) is 8.49. The van der Waals surface area contributed by atoms with Crippen molar-refractivity contribution in [3.63, 3.8) is 0 Å². The van der Waals surface area contributed by atoms with Gasteiger partial charge in [-0.15, -0.1) is 12.6 Å². The highest BCUT2D eigenvalue weighted by Gasteiger charge is 2.34. The number of methoxy groups -OCH3 is 1. The molecule has 0 saturated carbocycles. The minimum absolute atomic E-state index is 0.0452. The molecule has 0 aromatic heterocycles. The van der Waals surface area contributed by atoms with E-state index in [0.717, 1.165) is 12.1 Å². The molecular formula is C9H6F3NOS. The molecular weight excluding hydrogens is 227 g/mol. The molecule has 0 heterocycles. The lowest BCUT2D eigenvalue weighted by Crippen LogP contribution is -2.08. The third-order valence-electron chi connectivity index (χ3n) is 1.74. The fourth-order valence-electron chi connectivity index (χ4n) is 1.06. The summed E-state index contributed by atoms with van der Waals surface area (Å²) >= 11 is 3.83. The quantitative estimate of drug-likeness (QED) is 0.756. The van der Waals surface area contributed by atoms with Crippen LogP contribution in [0.25, 0.3) is 0 Å². The Morgan fingerprint density at radius 1 is 1.40 bits per heavy atom. The van der Waals surface area contributed by atoms with Crippen molar-refractivity contribution < 1.29 is 17.9 Å². The number of rotatable bonds is 1. The molecule has 1 aromatic rings. The predicted molar refractivity (Wildman–Crippen MR) is 50.0 cm³/mol. The van der Waals surface area contributed by atoms with Crippen LogP contribution in [-0.2, 0) is 6.18 Å². The molecule has 2 nitrogen and oxygen atoms in total. The number of hydrogen-bond acceptors (Lipinski definition) is 3. The zero-order chi connectivity index (χ0) is 11.6. The Kier molecular flexibility index (Phi) is 3.15. The molecule has 0 aliphatic carbocycles. The molecule has 1 rings (SSSR count). The number of halogens is 3. The van der Waals surface area contributed by atoms with E-state index in [1.165, 1.54) is 13.2 Å². The van der Waals surface area contributed by atoms with E-state index in [0.29, 0.717) is 0 Å². The largest absolute Gasteiger partial charge is 0.496 e. The zero-order valence-electron chi connectivity index (χ0n) is 7.59. The average molecular weight is 233 g/mol. The molecule has 0 bridgehead atoms. The van der Waals surface area contributed by atoms with Crippen molar-refractivity contribution in [1.29, 1.82) is 5.26 Å². The van der Waals surface area contributed by atoms with Gasteiger partial charge in [-0.25, -0.2) is 0 Å². The van der Waals surface area contributed by atoms with Crippen LogP contribution >= 0.6 is 12.6 Å². The third kappa shape index (κ3) is 2.36. The first-order valence-electron chi connectivity index (χ1n) is 3.78. The number of nitrogens with zero attached hydrogens (tertiary/aromatic N) is 1. The molecule has 6 heteroatoms. The second-order valence-corrected chi connectivity index (χ2v) is 3.16. The van der Waals surface area contributed by atoms with Crippen molar-refractivity contribution in [3.05, 3.63) is 23.3 Å². The maximum absolute atomic E-state index is 12.4. The molecule has 15 heavy (non-hydrogen) atoms. The average Bonchev–Trinajstić information content (AvgIpc) is 2.16. The van der Waals surface area contributed by atoms with Gasteiger partial charge in [-0.2, -0.15) is 18.4 Å². The molecule has 80 valence electrons. The number of ether oxygens (including phenoxy) is 1. The SMILES string of the molecule is COc1cc(C#N)c(C(F)(F)F)cc1S. The molecule has 0 aliphatic heterocycles. The van der Waals surface area contributed by atoms with E-state index in [9.17, 15) is 13.2 Å². The minimum atomic E-state index is -4.56. The highest BCUT2D eigenvalue weighted by molar-refractivity contribution is 7.80. The van der Waals surface area contributed by atoms with Gasteiger partial charge in [0.2, 0.25) is 0 Å². The normalized spacial score (nSPS) is 10.9. The summed E-state index contributed by atoms with van der Waals surface area (Å²) in [4.78, 5) is 0.0452. The van der Waals surface area contributed by atoms with Crippen molar-refractivity contribution >= 4 is 12.6 Å². The van der Waals surface area contributed by atoms with E-state index in [1.54, 1.807) is 0 Å². The molecule has 1 aromatic carbocycles. The van der Waals surface area contributed by atoms with Gasteiger partial charge in [0.15, 0.2) is 0 Å². The first kappa shape index (κ1) is 11.7. The topological polar surface area (TPSA) is 33.0 Å². The lowest BCUT2D eigenvalue weighted by molar-refractivity contribution is -0.137. The summed E-state index contributed by atoms with van der Waals surface area (Å²) < 4.78 is 42.0. The van der Waals surface area contributed by atoms with E-state index < -0.39 is 17.3 Å². The summed E-state index contributed by atoms with van der Waals surface area (Å²) in [5.74, 6) is 0.142. The van der Waals surface area contributed by atoms with Crippen LogP contribution in [0.1, 0.15) is 11.1 Å². The minimum Gasteiger partial charge on any atom is -0.496 e. The van der Waals surface area contributed by atoms with Gasteiger partial charge >= 0.3 is 6.18 Å². The van der Waals surface area contributed by atoms with Gasteiger partial charge in [-0.05, 0) is 12.1 Å². The Bertz CT molecular complexity index is 423. The Balaban J connectivity index is 3.43. The molecule has 0 N–H and O–H groups in total. The highest BCUT2D eigenvalue weighted by atomic mass is 32.1. The summed E-state index contributed by atoms with van der Waals surface area (Å²) in [5, 5.41) is 8.56. The third-order valence-corrected chi connectivity index (χ3v) is 2.09. The van der Waals surface area contributed by atoms with Crippen molar-refractivity contribution in [2.24, 2.45) is 0 Å². The second kappa shape index (κ2) is 4.03. The Labute approximate surface area is 89.7 Å². The van der Waals surface area contributed by atoms with Crippen LogP contribution in [0.3, 0.4) is 0 Å². The highest BCUT2D eigenvalue weighted by Crippen LogP contribution is 2.36. The van der Waals surface area contributed by atoms with Crippen molar-refractivity contribution in [1.82, 2.24) is 0 Å². The van der Waals surface area contributed by atoms with Crippen LogP contribution in [0.2, 0.25) is 0 Å². The molecule has 0 fully saturated rings. The molecule has 0 radical (unpaired) electrons. The van der Waals surface area contributed by atoms with E-state index in [2.05, 4.69) is 12.6 Å². The van der Waals surface area contributed by atoms with Gasteiger partial charge in [-0.1, -0.05) is 0 Å². The van der Waals surface area contributed by atoms with Crippen molar-refractivity contribution in [2.45, 2.75) is 11.1 Å². The maximum Gasteiger partial charge on any atom is 0.417 e. The Morgan fingerprint density at radius 3 is 2.40 bits per heavy atom. The van der Waals surface area contributed by atoms with Gasteiger partial charge < -0.3 is 4.74 Å². The summed E-state index contributed by atoms with van der Waals surface area (Å²) in [7, 11) is 1.30. The fraction of sp³-hybridized carbons (Fsp3) is 0.222. The van der Waals surface area contributed by atoms with Gasteiger partial charge in [-0.3, -0.25) is 0 Å². The number of alkyl halides is 3. The van der Waals surface area contributed by atoms with Crippen LogP contribution in [0.4, 0.5) is 13.2 Å². The lowest BCUT2D eigenvalue weighted by Gasteiger charge is -2.11. The molecule has 0 aliphatic rings. The molecule has 0 spiro atoms. The predicted octanol–water partition coefficient (Wildman–Crippen LogP) is 2.87. The van der Waals surface area contributed by atoms with Crippen molar-refractivity contribution in [2.75, 3.05) is 7.11 Å². The summed E-state index contributed by atoms with van der Waals surface area (Å²) in [6, 6.07) is 3.27. The van der Waals surface area contributed by atoms with Crippen LogP contribution in [0.5, 0.6) is 5.75 Å². The number of thiol groups is 1. The van der Waals surface area contributed by atoms with E-state index in [4.69, 9.17) is 10.00 Å². The van der Waals surface area contributed by atoms with Gasteiger partial charge in [0.1, 0.15) is 5.75 Å². The van der Waals surface area contributed by atoms with Crippen LogP contribution < -0.4 is 4.74 Å². The van der Waals surface area contributed by atoms with E-state index >= 15 is 0 Å². The van der Waals surface area contributed by atoms with E-state index in [1.807, 2.05) is 0 Å². The fourth-order valence-corrected chi connectivity index (χ4v) is 1.34. The summed E-state index contributed by atoms with van der Waals surface area (Å²) in [6.45, 7) is 0. The van der Waals surface area contributed by atoms with E-state index in [-0.39, 0.29) is 10.6 Å². The number of nitriles is 1. The van der Waals surface area contributed by atoms with Crippen LogP contribution in [0.15, 0.2) is 17.0 Å². The standard InChI is InChI=1S/C9H6F3NOS/c1-14-7-2-5(4-13)6(3-8(7)15)9(10,11)12/h2-3,15H,1H3. The first-order chi connectivity index (χ1) is 6.90. The van der Waals surface area contributed by atoms with Crippen LogP contribution in [0, 0.1) is 11.3 Å².